The van der Waals surface area contributed by atoms with Gasteiger partial charge < -0.3 is 4.55 Å². The Balaban J connectivity index is 0. The van der Waals surface area contributed by atoms with Crippen LogP contribution in [0.2, 0.25) is 0 Å². The topological polar surface area (TPSA) is 57.2 Å². The molecule has 0 heterocycles. The smallest absolute Gasteiger partial charge is 0.746 e. The van der Waals surface area contributed by atoms with Crippen LogP contribution in [-0.2, 0) is 10.1 Å². The second-order valence-corrected chi connectivity index (χ2v) is 6.23. The maximum Gasteiger partial charge on any atom is 1.00 e. The van der Waals surface area contributed by atoms with E-state index in [2.05, 4.69) is 0 Å². The summed E-state index contributed by atoms with van der Waals surface area (Å²) < 4.78 is 209. The number of alkyl halides is 14. The van der Waals surface area contributed by atoms with Gasteiger partial charge in [0.2, 0.25) is 6.17 Å². The van der Waals surface area contributed by atoms with Crippen molar-refractivity contribution in [3.63, 3.8) is 0 Å². The molecule has 0 aromatic rings. The Labute approximate surface area is 189 Å². The van der Waals surface area contributed by atoms with Crippen molar-refractivity contribution in [3.8, 4) is 0 Å². The third-order valence-electron chi connectivity index (χ3n) is 2.94. The number of hydrogen-bond acceptors (Lipinski definition) is 3. The van der Waals surface area contributed by atoms with E-state index in [4.69, 9.17) is 0 Å². The van der Waals surface area contributed by atoms with Crippen LogP contribution in [0, 0.1) is 0 Å². The Bertz CT molecular complexity index is 626. The van der Waals surface area contributed by atoms with Crippen LogP contribution in [0.4, 0.5) is 61.5 Å². The van der Waals surface area contributed by atoms with E-state index in [-0.39, 0.29) is 51.4 Å². The molecule has 0 fully saturated rings. The van der Waals surface area contributed by atoms with Gasteiger partial charge in [0.15, 0.2) is 12.3 Å². The Hall–Kier alpha value is 0.566. The third-order valence-corrected chi connectivity index (χ3v) is 3.74. The number of rotatable bonds is 9. The summed E-state index contributed by atoms with van der Waals surface area (Å²) in [5.74, 6) is -30.6. The molecule has 0 aromatic carbocycles. The van der Waals surface area contributed by atoms with E-state index in [1.54, 1.807) is 0 Å². The molecule has 0 amide bonds. The predicted molar refractivity (Wildman–Crippen MR) is 55.1 cm³/mol. The molecule has 4 unspecified atom stereocenters. The number of halogens is 14. The summed E-state index contributed by atoms with van der Waals surface area (Å²) in [6, 6.07) is 0. The van der Waals surface area contributed by atoms with Crippen molar-refractivity contribution < 1.29 is 126 Å². The van der Waals surface area contributed by atoms with Gasteiger partial charge in [-0.3, -0.25) is 0 Å². The molecule has 0 aromatic heterocycles. The Kier molecular flexibility index (Phi) is 10.3. The molecule has 0 radical (unpaired) electrons. The van der Waals surface area contributed by atoms with Gasteiger partial charge in [-0.1, -0.05) is 0 Å². The molecule has 28 heavy (non-hydrogen) atoms. The van der Waals surface area contributed by atoms with Crippen LogP contribution < -0.4 is 51.4 Å². The van der Waals surface area contributed by atoms with Crippen LogP contribution >= 0.6 is 0 Å². The minimum absolute atomic E-state index is 0. The van der Waals surface area contributed by atoms with Crippen LogP contribution in [0.1, 0.15) is 0 Å². The molecule has 0 saturated heterocycles. The first-order valence-corrected chi connectivity index (χ1v) is 7.36. The fourth-order valence-corrected chi connectivity index (χ4v) is 1.93. The van der Waals surface area contributed by atoms with Crippen molar-refractivity contribution in [2.75, 3.05) is 0 Å². The van der Waals surface area contributed by atoms with E-state index in [9.17, 15) is 74.4 Å². The van der Waals surface area contributed by atoms with Crippen molar-refractivity contribution in [1.29, 1.82) is 0 Å². The minimum atomic E-state index is -7.89. The summed E-state index contributed by atoms with van der Waals surface area (Å²) in [4.78, 5) is 0. The average molecular weight is 498 g/mol. The maximum absolute atomic E-state index is 13.1. The molecular formula is C9H5F14KO3S. The quantitative estimate of drug-likeness (QED) is 0.267. The van der Waals surface area contributed by atoms with Crippen molar-refractivity contribution >= 4 is 10.1 Å². The van der Waals surface area contributed by atoms with Gasteiger partial charge in [-0.2, -0.15) is 35.1 Å². The van der Waals surface area contributed by atoms with Gasteiger partial charge in [0.1, 0.15) is 10.1 Å². The zero-order chi connectivity index (χ0) is 22.4. The molecule has 0 aliphatic heterocycles. The molecule has 0 spiro atoms. The van der Waals surface area contributed by atoms with E-state index in [1.807, 2.05) is 0 Å². The summed E-state index contributed by atoms with van der Waals surface area (Å²) in [5.41, 5.74) is -5.75. The molecule has 0 N–H and O–H groups in total. The molecule has 3 nitrogen and oxygen atoms in total. The Morgan fingerprint density at radius 1 is 0.643 bits per heavy atom. The first-order chi connectivity index (χ1) is 11.6. The van der Waals surface area contributed by atoms with Gasteiger partial charge in [-0.25, -0.2) is 34.8 Å². The molecule has 0 aliphatic rings. The van der Waals surface area contributed by atoms with Gasteiger partial charge in [0, 0.05) is 0 Å². The minimum Gasteiger partial charge on any atom is -0.746 e. The molecule has 19 heteroatoms. The largest absolute Gasteiger partial charge is 1.00 e. The van der Waals surface area contributed by atoms with E-state index >= 15 is 0 Å². The molecular weight excluding hydrogens is 493 g/mol. The van der Waals surface area contributed by atoms with Crippen molar-refractivity contribution in [1.82, 2.24) is 0 Å². The van der Waals surface area contributed by atoms with Gasteiger partial charge in [-0.05, 0) is 0 Å². The normalized spacial score (nSPS) is 19.0. The monoisotopic (exact) mass is 498 g/mol. The van der Waals surface area contributed by atoms with Crippen LogP contribution in [0.3, 0.4) is 0 Å². The van der Waals surface area contributed by atoms with Crippen LogP contribution in [0.5, 0.6) is 0 Å². The first kappa shape index (κ1) is 30.8. The molecule has 164 valence electrons. The second kappa shape index (κ2) is 9.37. The molecule has 4 atom stereocenters. The van der Waals surface area contributed by atoms with E-state index in [0.29, 0.717) is 0 Å². The summed E-state index contributed by atoms with van der Waals surface area (Å²) in [6.45, 7) is 0. The summed E-state index contributed by atoms with van der Waals surface area (Å²) in [5, 5.41) is 0. The van der Waals surface area contributed by atoms with E-state index < -0.39 is 64.3 Å². The van der Waals surface area contributed by atoms with Crippen LogP contribution in [0.15, 0.2) is 0 Å². The Morgan fingerprint density at radius 3 is 1.25 bits per heavy atom. The molecule has 0 saturated carbocycles. The van der Waals surface area contributed by atoms with Gasteiger partial charge in [-0.15, -0.1) is 0 Å². The van der Waals surface area contributed by atoms with Gasteiger partial charge >= 0.3 is 75.1 Å². The SMILES string of the molecule is O=S(=O)([O-])C(F)C(F)(F)C(F)(F)C(F)(F)C(F)(F)C(F)C(F)C(F)C(F)F.[K+]. The van der Waals surface area contributed by atoms with Gasteiger partial charge in [0.25, 0.3) is 11.9 Å². The second-order valence-electron chi connectivity index (χ2n) is 4.83. The number of hydrogen-bond donors (Lipinski definition) is 0. The fraction of sp³-hybridized carbons (Fsp3) is 1.00. The van der Waals surface area contributed by atoms with Crippen LogP contribution in [-0.4, -0.2) is 67.1 Å². The van der Waals surface area contributed by atoms with Crippen molar-refractivity contribution in [3.05, 3.63) is 0 Å². The van der Waals surface area contributed by atoms with Crippen LogP contribution in [0.25, 0.3) is 0 Å². The third kappa shape index (κ3) is 5.24. The standard InChI is InChI=1S/C9H6F14O3S.K/c10-1(2(11)4(13)14)3(12)6(16,17)8(20,21)9(22,23)7(18,19)5(15)27(24,25)26;/h1-5H,(H,24,25,26);/q;+1/p-1. The first-order valence-electron chi connectivity index (χ1n) is 5.88. The zero-order valence-electron chi connectivity index (χ0n) is 12.8. The molecule has 0 aliphatic carbocycles. The summed E-state index contributed by atoms with van der Waals surface area (Å²) >= 11 is 0. The van der Waals surface area contributed by atoms with E-state index in [1.165, 1.54) is 0 Å². The molecule has 0 rings (SSSR count). The summed E-state index contributed by atoms with van der Waals surface area (Å²) in [7, 11) is -7.16. The van der Waals surface area contributed by atoms with E-state index in [0.717, 1.165) is 0 Å². The average Bonchev–Trinajstić information content (AvgIpc) is 2.49. The fourth-order valence-electron chi connectivity index (χ4n) is 1.42. The molecule has 0 bridgehead atoms. The maximum atomic E-state index is 13.1. The van der Waals surface area contributed by atoms with Crippen molar-refractivity contribution in [2.45, 2.75) is 54.1 Å². The Morgan fingerprint density at radius 2 is 0.964 bits per heavy atom. The summed E-state index contributed by atoms with van der Waals surface area (Å²) in [6.07, 6.45) is -19.8. The predicted octanol–water partition coefficient (Wildman–Crippen LogP) is 0.652. The van der Waals surface area contributed by atoms with Gasteiger partial charge in [0.05, 0.1) is 0 Å². The van der Waals surface area contributed by atoms with Crippen molar-refractivity contribution in [2.24, 2.45) is 0 Å². The zero-order valence-corrected chi connectivity index (χ0v) is 16.8.